The van der Waals surface area contributed by atoms with Crippen molar-refractivity contribution in [2.24, 2.45) is 0 Å². The molecule has 0 aliphatic carbocycles. The Morgan fingerprint density at radius 2 is 1.88 bits per heavy atom. The van der Waals surface area contributed by atoms with Crippen LogP contribution in [-0.4, -0.2) is 58.3 Å². The maximum absolute atomic E-state index is 12.7. The lowest BCUT2D eigenvalue weighted by molar-refractivity contribution is 0.0953. The number of nitrogens with one attached hydrogen (secondary N) is 1. The molecule has 1 fully saturated rings. The summed E-state index contributed by atoms with van der Waals surface area (Å²) in [4.78, 5) is 28.9. The fourth-order valence-electron chi connectivity index (χ4n) is 3.96. The Morgan fingerprint density at radius 1 is 1.03 bits per heavy atom. The zero-order valence-corrected chi connectivity index (χ0v) is 18.4. The number of aromatic nitrogens is 4. The molecule has 168 valence electrons. The third-order valence-corrected chi connectivity index (χ3v) is 5.70. The molecule has 5 rings (SSSR count). The average Bonchev–Trinajstić information content (AvgIpc) is 3.40. The van der Waals surface area contributed by atoms with Crippen LogP contribution in [0.25, 0.3) is 22.3 Å². The molecule has 0 radical (unpaired) electrons. The highest BCUT2D eigenvalue weighted by atomic mass is 16.5. The number of anilines is 1. The van der Waals surface area contributed by atoms with Gasteiger partial charge in [0.15, 0.2) is 5.82 Å². The normalized spacial score (nSPS) is 13.9. The van der Waals surface area contributed by atoms with Crippen LogP contribution in [0.3, 0.4) is 0 Å². The third kappa shape index (κ3) is 4.85. The van der Waals surface area contributed by atoms with E-state index in [4.69, 9.17) is 14.7 Å². The smallest absolute Gasteiger partial charge is 0.251 e. The van der Waals surface area contributed by atoms with Crippen LogP contribution < -0.4 is 10.2 Å². The Labute approximate surface area is 192 Å². The van der Waals surface area contributed by atoms with E-state index in [9.17, 15) is 4.79 Å². The van der Waals surface area contributed by atoms with Crippen molar-refractivity contribution in [2.75, 3.05) is 37.7 Å². The molecule has 1 amide bonds. The van der Waals surface area contributed by atoms with Gasteiger partial charge in [-0.25, -0.2) is 15.0 Å². The van der Waals surface area contributed by atoms with Crippen molar-refractivity contribution >= 4 is 22.8 Å². The van der Waals surface area contributed by atoms with Gasteiger partial charge in [-0.3, -0.25) is 4.79 Å². The Hall–Kier alpha value is -3.78. The molecule has 0 spiro atoms. The summed E-state index contributed by atoms with van der Waals surface area (Å²) in [7, 11) is 0. The van der Waals surface area contributed by atoms with E-state index in [-0.39, 0.29) is 5.91 Å². The molecule has 1 N–H and O–H groups in total. The number of imidazole rings is 1. The van der Waals surface area contributed by atoms with Gasteiger partial charge >= 0.3 is 0 Å². The minimum absolute atomic E-state index is 0.107. The number of nitrogens with zero attached hydrogens (tertiary/aromatic N) is 5. The first-order chi connectivity index (χ1) is 16.3. The average molecular weight is 443 g/mol. The van der Waals surface area contributed by atoms with E-state index in [1.165, 1.54) is 0 Å². The van der Waals surface area contributed by atoms with Crippen LogP contribution in [0, 0.1) is 0 Å². The van der Waals surface area contributed by atoms with Crippen LogP contribution in [0.2, 0.25) is 0 Å². The first kappa shape index (κ1) is 21.1. The SMILES string of the molecule is O=C(NCCCn1ccnc1)c1ccc2nc(-c3ccccc3)c(N3CCOCC3)nc2c1. The van der Waals surface area contributed by atoms with Gasteiger partial charge in [-0.15, -0.1) is 0 Å². The second-order valence-electron chi connectivity index (χ2n) is 7.97. The molecule has 8 nitrogen and oxygen atoms in total. The van der Waals surface area contributed by atoms with Gasteiger partial charge in [0.2, 0.25) is 0 Å². The lowest BCUT2D eigenvalue weighted by Crippen LogP contribution is -2.37. The standard InChI is InChI=1S/C25H26N6O2/c32-25(27-9-4-11-30-12-10-26-18-30)20-7-8-21-22(17-20)29-24(31-13-15-33-16-14-31)23(28-21)19-5-2-1-3-6-19/h1-3,5-8,10,12,17-18H,4,9,11,13-16H2,(H,27,32). The molecule has 0 saturated carbocycles. The van der Waals surface area contributed by atoms with Crippen molar-refractivity contribution in [3.8, 4) is 11.3 Å². The number of carbonyl (C=O) groups excluding carboxylic acids is 1. The van der Waals surface area contributed by atoms with Gasteiger partial charge in [-0.2, -0.15) is 0 Å². The van der Waals surface area contributed by atoms with Crippen molar-refractivity contribution < 1.29 is 9.53 Å². The van der Waals surface area contributed by atoms with Crippen molar-refractivity contribution in [1.82, 2.24) is 24.8 Å². The summed E-state index contributed by atoms with van der Waals surface area (Å²) in [6, 6.07) is 15.6. The van der Waals surface area contributed by atoms with Crippen LogP contribution >= 0.6 is 0 Å². The first-order valence-electron chi connectivity index (χ1n) is 11.2. The van der Waals surface area contributed by atoms with Crippen LogP contribution in [0.15, 0.2) is 67.3 Å². The molecule has 0 bridgehead atoms. The fourth-order valence-corrected chi connectivity index (χ4v) is 3.96. The third-order valence-electron chi connectivity index (χ3n) is 5.70. The van der Waals surface area contributed by atoms with E-state index in [1.807, 2.05) is 59.3 Å². The second-order valence-corrected chi connectivity index (χ2v) is 7.97. The van der Waals surface area contributed by atoms with E-state index < -0.39 is 0 Å². The summed E-state index contributed by atoms with van der Waals surface area (Å²) in [5.74, 6) is 0.722. The second kappa shape index (κ2) is 9.79. The topological polar surface area (TPSA) is 85.2 Å². The summed E-state index contributed by atoms with van der Waals surface area (Å²) >= 11 is 0. The van der Waals surface area contributed by atoms with E-state index in [1.54, 1.807) is 12.5 Å². The molecule has 2 aromatic heterocycles. The van der Waals surface area contributed by atoms with Gasteiger partial charge in [0.05, 0.1) is 30.6 Å². The van der Waals surface area contributed by atoms with Crippen LogP contribution in [0.5, 0.6) is 0 Å². The van der Waals surface area contributed by atoms with Gasteiger partial charge in [0.25, 0.3) is 5.91 Å². The molecule has 3 heterocycles. The Kier molecular flexibility index (Phi) is 6.25. The fraction of sp³-hybridized carbons (Fsp3) is 0.280. The molecule has 1 aliphatic heterocycles. The van der Waals surface area contributed by atoms with E-state index >= 15 is 0 Å². The maximum atomic E-state index is 12.7. The predicted octanol–water partition coefficient (Wildman–Crippen LogP) is 3.15. The number of ether oxygens (including phenoxy) is 1. The zero-order chi connectivity index (χ0) is 22.5. The molecule has 1 aliphatic rings. The van der Waals surface area contributed by atoms with Gasteiger partial charge in [-0.1, -0.05) is 30.3 Å². The van der Waals surface area contributed by atoms with Crippen LogP contribution in [-0.2, 0) is 11.3 Å². The maximum Gasteiger partial charge on any atom is 0.251 e. The number of rotatable bonds is 7. The Balaban J connectivity index is 1.39. The predicted molar refractivity (Wildman–Crippen MR) is 127 cm³/mol. The van der Waals surface area contributed by atoms with E-state index in [0.29, 0.717) is 30.8 Å². The summed E-state index contributed by atoms with van der Waals surface area (Å²) in [6.45, 7) is 4.25. The summed E-state index contributed by atoms with van der Waals surface area (Å²) in [6.07, 6.45) is 6.28. The number of morpholine rings is 1. The van der Waals surface area contributed by atoms with Gasteiger partial charge < -0.3 is 19.5 Å². The molecular formula is C25H26N6O2. The number of benzene rings is 2. The van der Waals surface area contributed by atoms with Gasteiger partial charge in [-0.05, 0) is 24.6 Å². The molecule has 33 heavy (non-hydrogen) atoms. The highest BCUT2D eigenvalue weighted by Crippen LogP contribution is 2.30. The summed E-state index contributed by atoms with van der Waals surface area (Å²) < 4.78 is 7.52. The number of aryl methyl sites for hydroxylation is 1. The quantitative estimate of drug-likeness (QED) is 0.443. The summed E-state index contributed by atoms with van der Waals surface area (Å²) in [5, 5.41) is 2.99. The van der Waals surface area contributed by atoms with Crippen molar-refractivity contribution in [3.05, 3.63) is 72.8 Å². The molecule has 1 saturated heterocycles. The molecular weight excluding hydrogens is 416 g/mol. The number of carbonyl (C=O) groups is 1. The lowest BCUT2D eigenvalue weighted by Gasteiger charge is -2.29. The van der Waals surface area contributed by atoms with E-state index in [0.717, 1.165) is 48.6 Å². The Morgan fingerprint density at radius 3 is 2.67 bits per heavy atom. The minimum Gasteiger partial charge on any atom is -0.378 e. The minimum atomic E-state index is -0.107. The van der Waals surface area contributed by atoms with Crippen LogP contribution in [0.4, 0.5) is 5.82 Å². The molecule has 4 aromatic rings. The highest BCUT2D eigenvalue weighted by molar-refractivity contribution is 5.97. The van der Waals surface area contributed by atoms with Gasteiger partial charge in [0.1, 0.15) is 5.69 Å². The number of fused-ring (bicyclic) bond motifs is 1. The van der Waals surface area contributed by atoms with Crippen molar-refractivity contribution in [2.45, 2.75) is 13.0 Å². The molecule has 2 aromatic carbocycles. The first-order valence-corrected chi connectivity index (χ1v) is 11.2. The number of hydrogen-bond acceptors (Lipinski definition) is 6. The Bertz CT molecular complexity index is 1220. The number of amides is 1. The van der Waals surface area contributed by atoms with Crippen LogP contribution in [0.1, 0.15) is 16.8 Å². The molecule has 8 heteroatoms. The van der Waals surface area contributed by atoms with Gasteiger partial charge in [0, 0.05) is 49.7 Å². The zero-order valence-electron chi connectivity index (χ0n) is 18.4. The largest absolute Gasteiger partial charge is 0.378 e. The van der Waals surface area contributed by atoms with E-state index in [2.05, 4.69) is 15.2 Å². The lowest BCUT2D eigenvalue weighted by atomic mass is 10.1. The van der Waals surface area contributed by atoms with Crippen molar-refractivity contribution in [1.29, 1.82) is 0 Å². The number of hydrogen-bond donors (Lipinski definition) is 1. The monoisotopic (exact) mass is 442 g/mol. The van der Waals surface area contributed by atoms with Crippen molar-refractivity contribution in [3.63, 3.8) is 0 Å². The summed E-state index contributed by atoms with van der Waals surface area (Å²) in [5.41, 5.74) is 3.93. The molecule has 0 unspecified atom stereocenters. The highest BCUT2D eigenvalue weighted by Gasteiger charge is 2.20. The molecule has 0 atom stereocenters.